The second kappa shape index (κ2) is 15.8. The summed E-state index contributed by atoms with van der Waals surface area (Å²) in [6, 6.07) is 14.8. The van der Waals surface area contributed by atoms with E-state index < -0.39 is 24.3 Å². The Balaban J connectivity index is 0.000000421. The van der Waals surface area contributed by atoms with Crippen LogP contribution >= 0.6 is 0 Å². The first kappa shape index (κ1) is 36.4. The number of nitrogens with one attached hydrogen (secondary N) is 2. The number of halogens is 6. The van der Waals surface area contributed by atoms with Gasteiger partial charge in [-0.1, -0.05) is 36.4 Å². The molecule has 2 aromatic rings. The molecule has 2 aromatic carbocycles. The summed E-state index contributed by atoms with van der Waals surface area (Å²) in [7, 11) is 0. The Bertz CT molecular complexity index is 1340. The summed E-state index contributed by atoms with van der Waals surface area (Å²) in [6.45, 7) is 2.89. The molecule has 0 unspecified atom stereocenters. The fraction of sp³-hybridized carbons (Fsp3) is 0.393. The van der Waals surface area contributed by atoms with Crippen LogP contribution in [0.2, 0.25) is 0 Å². The van der Waals surface area contributed by atoms with Crippen LogP contribution in [0.3, 0.4) is 0 Å². The molecule has 0 saturated carbocycles. The number of ether oxygens (including phenoxy) is 1. The molecule has 0 aliphatic carbocycles. The maximum atomic E-state index is 12.8. The molecule has 45 heavy (non-hydrogen) atoms. The lowest BCUT2D eigenvalue weighted by Gasteiger charge is -2.25. The van der Waals surface area contributed by atoms with E-state index in [1.807, 2.05) is 47.4 Å². The number of likely N-dealkylation sites (tertiary alicyclic amines) is 1. The van der Waals surface area contributed by atoms with Crippen molar-refractivity contribution in [2.45, 2.75) is 50.7 Å². The van der Waals surface area contributed by atoms with E-state index in [4.69, 9.17) is 41.1 Å². The summed E-state index contributed by atoms with van der Waals surface area (Å²) in [6.07, 6.45) is -6.21. The molecule has 1 atom stereocenters. The van der Waals surface area contributed by atoms with Gasteiger partial charge in [-0.2, -0.15) is 26.3 Å². The average molecular weight is 648 g/mol. The van der Waals surface area contributed by atoms with Crippen molar-refractivity contribution < 1.29 is 55.7 Å². The number of carboxylic acids is 2. The van der Waals surface area contributed by atoms with Crippen LogP contribution in [-0.4, -0.2) is 82.7 Å². The van der Waals surface area contributed by atoms with Gasteiger partial charge < -0.3 is 30.5 Å². The lowest BCUT2D eigenvalue weighted by atomic mass is 10.1. The third-order valence-corrected chi connectivity index (χ3v) is 6.53. The predicted molar refractivity (Wildman–Crippen MR) is 149 cm³/mol. The van der Waals surface area contributed by atoms with E-state index in [2.05, 4.69) is 4.90 Å². The number of rotatable bonds is 6. The highest BCUT2D eigenvalue weighted by Gasteiger charge is 2.39. The average Bonchev–Trinajstić information content (AvgIpc) is 3.69. The number of hydrogen-bond donors (Lipinski definition) is 5. The Morgan fingerprint density at radius 3 is 1.87 bits per heavy atom. The summed E-state index contributed by atoms with van der Waals surface area (Å²) in [4.78, 5) is 34.7. The standard InChI is InChI=1S/C24H29N5O2.2C2HF3O2/c25-22(26)19-5-3-6-20(15-19)29-14-4-7-21(29)24(30)31-16-17-8-10-18(11-9-17)23(27)28-12-1-2-13-28;2*3-2(4,5)1(6)7/h3,5-6,8-11,15,21,27H,1-2,4,7,12-14,16H2,(H3,25,26);2*(H,6,7)/t21-;;/m1../s1. The number of carboxylic acid groups (broad SMARTS) is 2. The van der Waals surface area contributed by atoms with E-state index in [9.17, 15) is 31.1 Å². The van der Waals surface area contributed by atoms with Crippen molar-refractivity contribution in [3.05, 3.63) is 65.2 Å². The summed E-state index contributed by atoms with van der Waals surface area (Å²) in [5.41, 5.74) is 8.95. The number of nitrogens with two attached hydrogens (primary N) is 1. The molecular weight excluding hydrogens is 616 g/mol. The Labute approximate surface area is 253 Å². The van der Waals surface area contributed by atoms with E-state index in [0.29, 0.717) is 11.4 Å². The lowest BCUT2D eigenvalue weighted by molar-refractivity contribution is -0.193. The molecule has 0 amide bonds. The van der Waals surface area contributed by atoms with Crippen molar-refractivity contribution in [2.75, 3.05) is 24.5 Å². The minimum Gasteiger partial charge on any atom is -0.475 e. The van der Waals surface area contributed by atoms with Crippen molar-refractivity contribution in [3.8, 4) is 0 Å². The third-order valence-electron chi connectivity index (χ3n) is 6.53. The molecule has 246 valence electrons. The Morgan fingerprint density at radius 2 is 1.38 bits per heavy atom. The zero-order valence-electron chi connectivity index (χ0n) is 23.6. The first-order valence-electron chi connectivity index (χ1n) is 13.3. The van der Waals surface area contributed by atoms with Gasteiger partial charge in [0.2, 0.25) is 0 Å². The van der Waals surface area contributed by atoms with Crippen LogP contribution in [0.25, 0.3) is 0 Å². The van der Waals surface area contributed by atoms with Crippen molar-refractivity contribution in [1.29, 1.82) is 10.8 Å². The molecule has 0 bridgehead atoms. The molecule has 2 heterocycles. The largest absolute Gasteiger partial charge is 0.490 e. The number of nitrogen functional groups attached to an aromatic ring is 1. The van der Waals surface area contributed by atoms with Gasteiger partial charge in [0, 0.05) is 36.4 Å². The maximum Gasteiger partial charge on any atom is 0.490 e. The van der Waals surface area contributed by atoms with E-state index in [1.165, 1.54) is 0 Å². The van der Waals surface area contributed by atoms with E-state index >= 15 is 0 Å². The number of carbonyl (C=O) groups excluding carboxylic acids is 1. The second-order valence-electron chi connectivity index (χ2n) is 9.77. The van der Waals surface area contributed by atoms with Crippen molar-refractivity contribution in [2.24, 2.45) is 5.73 Å². The fourth-order valence-corrected chi connectivity index (χ4v) is 4.31. The highest BCUT2D eigenvalue weighted by Crippen LogP contribution is 2.27. The molecule has 2 aliphatic heterocycles. The first-order chi connectivity index (χ1) is 20.9. The lowest BCUT2D eigenvalue weighted by Crippen LogP contribution is -2.37. The van der Waals surface area contributed by atoms with Crippen LogP contribution in [0.5, 0.6) is 0 Å². The molecule has 6 N–H and O–H groups in total. The molecule has 2 fully saturated rings. The molecule has 17 heteroatoms. The van der Waals surface area contributed by atoms with Gasteiger partial charge >= 0.3 is 30.3 Å². The number of carbonyl (C=O) groups is 3. The smallest absolute Gasteiger partial charge is 0.475 e. The van der Waals surface area contributed by atoms with Gasteiger partial charge in [-0.05, 0) is 43.4 Å². The summed E-state index contributed by atoms with van der Waals surface area (Å²) in [5.74, 6) is -5.17. The predicted octanol–water partition coefficient (Wildman–Crippen LogP) is 4.37. The quantitative estimate of drug-likeness (QED) is 0.132. The fourth-order valence-electron chi connectivity index (χ4n) is 4.31. The molecule has 4 rings (SSSR count). The van der Waals surface area contributed by atoms with Gasteiger partial charge in [-0.15, -0.1) is 0 Å². The molecular formula is C28H31F6N5O6. The zero-order valence-corrected chi connectivity index (χ0v) is 23.6. The SMILES string of the molecule is N=C(N)c1cccc(N2CCC[C@@H]2C(=O)OCc2ccc(C(=N)N3CCCC3)cc2)c1.O=C(O)C(F)(F)F.O=C(O)C(F)(F)F. The number of esters is 1. The van der Waals surface area contributed by atoms with Crippen LogP contribution in [0, 0.1) is 10.8 Å². The van der Waals surface area contributed by atoms with Crippen LogP contribution in [0.1, 0.15) is 42.4 Å². The number of nitrogens with zero attached hydrogens (tertiary/aromatic N) is 2. The highest BCUT2D eigenvalue weighted by molar-refractivity contribution is 5.97. The van der Waals surface area contributed by atoms with Gasteiger partial charge in [-0.25, -0.2) is 14.4 Å². The molecule has 0 spiro atoms. The molecule has 11 nitrogen and oxygen atoms in total. The van der Waals surface area contributed by atoms with E-state index in [-0.39, 0.29) is 24.5 Å². The minimum absolute atomic E-state index is 0.0152. The summed E-state index contributed by atoms with van der Waals surface area (Å²) in [5, 5.41) is 30.2. The third kappa shape index (κ3) is 11.3. The number of aliphatic carboxylic acids is 2. The summed E-state index contributed by atoms with van der Waals surface area (Å²) >= 11 is 0. The number of hydrogen-bond acceptors (Lipinski definition) is 7. The Morgan fingerprint density at radius 1 is 0.844 bits per heavy atom. The first-order valence-corrected chi connectivity index (χ1v) is 13.3. The zero-order chi connectivity index (χ0) is 33.9. The number of benzene rings is 2. The number of amidine groups is 2. The van der Waals surface area contributed by atoms with E-state index in [1.54, 1.807) is 6.07 Å². The molecule has 0 aromatic heterocycles. The van der Waals surface area contributed by atoms with Crippen LogP contribution in [0.4, 0.5) is 32.0 Å². The number of alkyl halides is 6. The van der Waals surface area contributed by atoms with Crippen LogP contribution in [-0.2, 0) is 25.7 Å². The number of anilines is 1. The Hall–Kier alpha value is -4.83. The highest BCUT2D eigenvalue weighted by atomic mass is 19.4. The second-order valence-corrected chi connectivity index (χ2v) is 9.77. The normalized spacial score (nSPS) is 16.1. The van der Waals surface area contributed by atoms with Crippen molar-refractivity contribution in [3.63, 3.8) is 0 Å². The van der Waals surface area contributed by atoms with E-state index in [0.717, 1.165) is 62.1 Å². The van der Waals surface area contributed by atoms with Crippen molar-refractivity contribution >= 4 is 35.3 Å². The van der Waals surface area contributed by atoms with Gasteiger partial charge in [0.1, 0.15) is 24.3 Å². The summed E-state index contributed by atoms with van der Waals surface area (Å²) < 4.78 is 69.1. The van der Waals surface area contributed by atoms with Crippen LogP contribution in [0.15, 0.2) is 48.5 Å². The van der Waals surface area contributed by atoms with Gasteiger partial charge in [-0.3, -0.25) is 10.8 Å². The topological polar surface area (TPSA) is 181 Å². The molecule has 2 saturated heterocycles. The molecule has 2 aliphatic rings. The Kier molecular flexibility index (Phi) is 12.7. The van der Waals surface area contributed by atoms with Gasteiger partial charge in [0.25, 0.3) is 0 Å². The van der Waals surface area contributed by atoms with Crippen LogP contribution < -0.4 is 10.6 Å². The maximum absolute atomic E-state index is 12.8. The van der Waals surface area contributed by atoms with Gasteiger partial charge in [0.15, 0.2) is 0 Å². The molecule has 0 radical (unpaired) electrons. The van der Waals surface area contributed by atoms with Gasteiger partial charge in [0.05, 0.1) is 0 Å². The monoisotopic (exact) mass is 647 g/mol. The van der Waals surface area contributed by atoms with Crippen molar-refractivity contribution in [1.82, 2.24) is 4.90 Å². The minimum atomic E-state index is -5.08.